The van der Waals surface area contributed by atoms with Gasteiger partial charge in [0.05, 0.1) is 6.61 Å². The Labute approximate surface area is 112 Å². The lowest BCUT2D eigenvalue weighted by Gasteiger charge is -2.42. The number of nitrogens with one attached hydrogen (secondary N) is 1. The molecular weight excluding hydrogens is 278 g/mol. The molecule has 17 heavy (non-hydrogen) atoms. The van der Waals surface area contributed by atoms with Crippen LogP contribution >= 0.6 is 15.9 Å². The van der Waals surface area contributed by atoms with E-state index in [0.717, 1.165) is 24.0 Å². The Bertz CT molecular complexity index is 376. The van der Waals surface area contributed by atoms with Crippen molar-refractivity contribution in [1.82, 2.24) is 5.32 Å². The fourth-order valence-corrected chi connectivity index (χ4v) is 2.25. The molecule has 94 valence electrons. The summed E-state index contributed by atoms with van der Waals surface area (Å²) in [7, 11) is 0. The monoisotopic (exact) mass is 297 g/mol. The molecule has 1 fully saturated rings. The lowest BCUT2D eigenvalue weighted by Crippen LogP contribution is -2.56. The molecule has 0 aliphatic carbocycles. The van der Waals surface area contributed by atoms with E-state index in [1.54, 1.807) is 0 Å². The summed E-state index contributed by atoms with van der Waals surface area (Å²) in [5.74, 6) is 0. The van der Waals surface area contributed by atoms with E-state index in [1.165, 1.54) is 5.56 Å². The van der Waals surface area contributed by atoms with Gasteiger partial charge < -0.3 is 4.74 Å². The lowest BCUT2D eigenvalue weighted by atomic mass is 9.91. The van der Waals surface area contributed by atoms with Crippen LogP contribution in [-0.2, 0) is 11.2 Å². The van der Waals surface area contributed by atoms with Gasteiger partial charge in [-0.15, -0.1) is 0 Å². The molecule has 1 heterocycles. The second kappa shape index (κ2) is 4.71. The van der Waals surface area contributed by atoms with Gasteiger partial charge in [-0.1, -0.05) is 41.9 Å². The number of hydrogen-bond acceptors (Lipinski definition) is 2. The summed E-state index contributed by atoms with van der Waals surface area (Å²) in [6.45, 7) is 8.38. The minimum atomic E-state index is -0.233. The van der Waals surface area contributed by atoms with E-state index in [0.29, 0.717) is 0 Å². The van der Waals surface area contributed by atoms with Gasteiger partial charge in [-0.05, 0) is 24.6 Å². The molecule has 0 spiro atoms. The predicted molar refractivity (Wildman–Crippen MR) is 74.0 cm³/mol. The molecule has 1 atom stereocenters. The average molecular weight is 298 g/mol. The SMILES string of the molecule is CC1(C)CNC(C)(Cc2ccc(Br)cc2)OC1. The zero-order chi connectivity index (χ0) is 12.5. The quantitative estimate of drug-likeness (QED) is 0.904. The highest BCUT2D eigenvalue weighted by Crippen LogP contribution is 2.27. The zero-order valence-electron chi connectivity index (χ0n) is 10.7. The summed E-state index contributed by atoms with van der Waals surface area (Å²) in [6, 6.07) is 8.43. The molecule has 1 saturated heterocycles. The maximum Gasteiger partial charge on any atom is 0.120 e. The third-order valence-electron chi connectivity index (χ3n) is 3.18. The number of halogens is 1. The first-order valence-corrected chi connectivity index (χ1v) is 6.81. The van der Waals surface area contributed by atoms with E-state index < -0.39 is 0 Å². The maximum atomic E-state index is 5.99. The minimum Gasteiger partial charge on any atom is -0.360 e. The van der Waals surface area contributed by atoms with Gasteiger partial charge in [0.1, 0.15) is 5.72 Å². The molecule has 2 rings (SSSR count). The van der Waals surface area contributed by atoms with Crippen molar-refractivity contribution in [2.75, 3.05) is 13.2 Å². The molecule has 1 aliphatic rings. The Morgan fingerprint density at radius 1 is 1.24 bits per heavy atom. The summed E-state index contributed by atoms with van der Waals surface area (Å²) in [4.78, 5) is 0. The molecular formula is C14H20BrNO. The van der Waals surface area contributed by atoms with Gasteiger partial charge in [0, 0.05) is 22.9 Å². The smallest absolute Gasteiger partial charge is 0.120 e. The summed E-state index contributed by atoms with van der Waals surface area (Å²) >= 11 is 3.45. The van der Waals surface area contributed by atoms with Gasteiger partial charge in [-0.25, -0.2) is 0 Å². The van der Waals surface area contributed by atoms with Crippen molar-refractivity contribution in [3.05, 3.63) is 34.3 Å². The Kier molecular flexibility index (Phi) is 3.62. The van der Waals surface area contributed by atoms with Gasteiger partial charge in [0.15, 0.2) is 0 Å². The van der Waals surface area contributed by atoms with Crippen molar-refractivity contribution in [3.8, 4) is 0 Å². The first kappa shape index (κ1) is 13.1. The Balaban J connectivity index is 2.01. The van der Waals surface area contributed by atoms with Crippen molar-refractivity contribution in [2.45, 2.75) is 32.9 Å². The van der Waals surface area contributed by atoms with Crippen LogP contribution in [0, 0.1) is 5.41 Å². The van der Waals surface area contributed by atoms with Crippen LogP contribution in [0.25, 0.3) is 0 Å². The van der Waals surface area contributed by atoms with Gasteiger partial charge in [-0.3, -0.25) is 5.32 Å². The van der Waals surface area contributed by atoms with Gasteiger partial charge in [0.25, 0.3) is 0 Å². The molecule has 0 bridgehead atoms. The molecule has 3 heteroatoms. The number of rotatable bonds is 2. The van der Waals surface area contributed by atoms with Crippen LogP contribution in [0.2, 0.25) is 0 Å². The topological polar surface area (TPSA) is 21.3 Å². The normalized spacial score (nSPS) is 28.0. The van der Waals surface area contributed by atoms with E-state index >= 15 is 0 Å². The van der Waals surface area contributed by atoms with Crippen LogP contribution < -0.4 is 5.32 Å². The Hall–Kier alpha value is -0.380. The Morgan fingerprint density at radius 3 is 2.41 bits per heavy atom. The highest BCUT2D eigenvalue weighted by Gasteiger charge is 2.35. The molecule has 0 radical (unpaired) electrons. The molecule has 2 nitrogen and oxygen atoms in total. The standard InChI is InChI=1S/C14H20BrNO/c1-13(2)9-16-14(3,17-10-13)8-11-4-6-12(15)7-5-11/h4-7,16H,8-10H2,1-3H3. The molecule has 0 saturated carbocycles. The molecule has 1 aromatic carbocycles. The highest BCUT2D eigenvalue weighted by atomic mass is 79.9. The van der Waals surface area contributed by atoms with Crippen LogP contribution in [0.15, 0.2) is 28.7 Å². The summed E-state index contributed by atoms with van der Waals surface area (Å²) in [5, 5.41) is 3.51. The maximum absolute atomic E-state index is 5.99. The van der Waals surface area contributed by atoms with Crippen LogP contribution in [0.1, 0.15) is 26.3 Å². The van der Waals surface area contributed by atoms with E-state index in [2.05, 4.69) is 66.3 Å². The highest BCUT2D eigenvalue weighted by molar-refractivity contribution is 9.10. The predicted octanol–water partition coefficient (Wildman–Crippen LogP) is 3.35. The van der Waals surface area contributed by atoms with Crippen molar-refractivity contribution >= 4 is 15.9 Å². The molecule has 0 aromatic heterocycles. The second-order valence-electron chi connectivity index (χ2n) is 5.84. The van der Waals surface area contributed by atoms with Crippen LogP contribution in [-0.4, -0.2) is 18.9 Å². The molecule has 1 aliphatic heterocycles. The second-order valence-corrected chi connectivity index (χ2v) is 6.76. The largest absolute Gasteiger partial charge is 0.360 e. The number of ether oxygens (including phenoxy) is 1. The first-order valence-electron chi connectivity index (χ1n) is 6.02. The molecule has 1 unspecified atom stereocenters. The van der Waals surface area contributed by atoms with Crippen LogP contribution in [0.4, 0.5) is 0 Å². The van der Waals surface area contributed by atoms with Gasteiger partial charge >= 0.3 is 0 Å². The third kappa shape index (κ3) is 3.54. The van der Waals surface area contributed by atoms with Crippen LogP contribution in [0.5, 0.6) is 0 Å². The van der Waals surface area contributed by atoms with E-state index in [4.69, 9.17) is 4.74 Å². The number of hydrogen-bond donors (Lipinski definition) is 1. The van der Waals surface area contributed by atoms with E-state index in [-0.39, 0.29) is 11.1 Å². The Morgan fingerprint density at radius 2 is 1.88 bits per heavy atom. The van der Waals surface area contributed by atoms with Crippen LogP contribution in [0.3, 0.4) is 0 Å². The minimum absolute atomic E-state index is 0.233. The molecule has 0 amide bonds. The lowest BCUT2D eigenvalue weighted by molar-refractivity contribution is -0.125. The van der Waals surface area contributed by atoms with Crippen molar-refractivity contribution in [3.63, 3.8) is 0 Å². The van der Waals surface area contributed by atoms with Crippen molar-refractivity contribution < 1.29 is 4.74 Å². The molecule has 1 N–H and O–H groups in total. The molecule has 1 aromatic rings. The van der Waals surface area contributed by atoms with E-state index in [9.17, 15) is 0 Å². The fourth-order valence-electron chi connectivity index (χ4n) is 1.99. The van der Waals surface area contributed by atoms with Crippen molar-refractivity contribution in [1.29, 1.82) is 0 Å². The summed E-state index contributed by atoms with van der Waals surface area (Å²) in [6.07, 6.45) is 0.899. The van der Waals surface area contributed by atoms with Crippen molar-refractivity contribution in [2.24, 2.45) is 5.41 Å². The third-order valence-corrected chi connectivity index (χ3v) is 3.71. The zero-order valence-corrected chi connectivity index (χ0v) is 12.3. The summed E-state index contributed by atoms with van der Waals surface area (Å²) < 4.78 is 7.11. The fraction of sp³-hybridized carbons (Fsp3) is 0.571. The van der Waals surface area contributed by atoms with Gasteiger partial charge in [0.2, 0.25) is 0 Å². The summed E-state index contributed by atoms with van der Waals surface area (Å²) in [5.41, 5.74) is 1.30. The van der Waals surface area contributed by atoms with E-state index in [1.807, 2.05) is 0 Å². The average Bonchev–Trinajstić information content (AvgIpc) is 2.27. The van der Waals surface area contributed by atoms with Gasteiger partial charge in [-0.2, -0.15) is 0 Å². The first-order chi connectivity index (χ1) is 7.89. The number of benzene rings is 1.